The molecule has 0 aliphatic rings. The van der Waals surface area contributed by atoms with E-state index < -0.39 is 35.7 Å². The molecule has 5 N–H and O–H groups in total. The number of carbonyl (C=O) groups excluding carboxylic acids is 3. The van der Waals surface area contributed by atoms with Crippen molar-refractivity contribution < 1.29 is 29.0 Å². The zero-order valence-electron chi connectivity index (χ0n) is 21.1. The van der Waals surface area contributed by atoms with Crippen LogP contribution in [0.25, 0.3) is 0 Å². The Labute approximate surface area is 223 Å². The Kier molecular flexibility index (Phi) is 9.52. The van der Waals surface area contributed by atoms with Crippen LogP contribution in [0.2, 0.25) is 0 Å². The van der Waals surface area contributed by atoms with E-state index in [9.17, 15) is 24.3 Å². The number of benzene rings is 2. The standard InChI is InChI=1S/C26H29N5O6S/c1-26(2,3)37-21(23(34)35)20(28-15-32)17-9-11-18(12-10-17)29-22(33)19-14-38-25(30-19)31-24(36)27-13-16-7-5-4-6-8-16/h4-12,14-15,20-21H,13H2,1-3H3,(H,28,32)(H,29,33)(H,34,35)(H2,27,30,31,36). The van der Waals surface area contributed by atoms with Gasteiger partial charge in [0.2, 0.25) is 6.41 Å². The van der Waals surface area contributed by atoms with E-state index in [2.05, 4.69) is 26.3 Å². The van der Waals surface area contributed by atoms with Crippen LogP contribution in [0.4, 0.5) is 15.6 Å². The number of hydrogen-bond acceptors (Lipinski definition) is 7. The molecule has 0 radical (unpaired) electrons. The minimum absolute atomic E-state index is 0.113. The second-order valence-corrected chi connectivity index (χ2v) is 10.0. The molecule has 0 bridgehead atoms. The molecular weight excluding hydrogens is 510 g/mol. The van der Waals surface area contributed by atoms with Gasteiger partial charge in [0.15, 0.2) is 11.2 Å². The van der Waals surface area contributed by atoms with E-state index in [1.165, 1.54) is 5.38 Å². The second kappa shape index (κ2) is 12.8. The number of amides is 4. The number of aromatic nitrogens is 1. The minimum atomic E-state index is -1.33. The van der Waals surface area contributed by atoms with Gasteiger partial charge in [-0.2, -0.15) is 0 Å². The van der Waals surface area contributed by atoms with Crippen molar-refractivity contribution in [2.75, 3.05) is 10.6 Å². The van der Waals surface area contributed by atoms with Gasteiger partial charge < -0.3 is 25.8 Å². The smallest absolute Gasteiger partial charge is 0.335 e. The van der Waals surface area contributed by atoms with Crippen molar-refractivity contribution >= 4 is 46.5 Å². The van der Waals surface area contributed by atoms with Crippen LogP contribution in [0.5, 0.6) is 0 Å². The summed E-state index contributed by atoms with van der Waals surface area (Å²) in [5, 5.41) is 22.0. The molecule has 38 heavy (non-hydrogen) atoms. The van der Waals surface area contributed by atoms with Crippen molar-refractivity contribution in [3.63, 3.8) is 0 Å². The predicted octanol–water partition coefficient (Wildman–Crippen LogP) is 3.77. The lowest BCUT2D eigenvalue weighted by Gasteiger charge is -2.30. The lowest BCUT2D eigenvalue weighted by molar-refractivity contribution is -0.163. The highest BCUT2D eigenvalue weighted by atomic mass is 32.1. The van der Waals surface area contributed by atoms with Crippen molar-refractivity contribution in [2.24, 2.45) is 0 Å². The van der Waals surface area contributed by atoms with Gasteiger partial charge in [0.25, 0.3) is 5.91 Å². The molecule has 3 aromatic rings. The molecule has 1 aromatic heterocycles. The largest absolute Gasteiger partial charge is 0.479 e. The number of rotatable bonds is 11. The molecule has 0 aliphatic heterocycles. The molecule has 4 amide bonds. The highest BCUT2D eigenvalue weighted by Crippen LogP contribution is 2.25. The third kappa shape index (κ3) is 8.39. The van der Waals surface area contributed by atoms with Gasteiger partial charge in [-0.15, -0.1) is 11.3 Å². The first-order valence-electron chi connectivity index (χ1n) is 11.6. The number of urea groups is 1. The van der Waals surface area contributed by atoms with Crippen molar-refractivity contribution in [3.8, 4) is 0 Å². The van der Waals surface area contributed by atoms with Crippen LogP contribution in [-0.2, 0) is 20.9 Å². The molecule has 3 rings (SSSR count). The maximum absolute atomic E-state index is 12.6. The van der Waals surface area contributed by atoms with Crippen molar-refractivity contribution in [1.29, 1.82) is 0 Å². The Hall–Kier alpha value is -4.29. The van der Waals surface area contributed by atoms with Gasteiger partial charge in [-0.05, 0) is 44.0 Å². The lowest BCUT2D eigenvalue weighted by atomic mass is 10.00. The van der Waals surface area contributed by atoms with Crippen LogP contribution in [0.3, 0.4) is 0 Å². The zero-order valence-corrected chi connectivity index (χ0v) is 21.9. The van der Waals surface area contributed by atoms with E-state index in [0.29, 0.717) is 24.2 Å². The highest BCUT2D eigenvalue weighted by molar-refractivity contribution is 7.14. The first kappa shape index (κ1) is 28.3. The number of aliphatic carboxylic acids is 1. The van der Waals surface area contributed by atoms with Crippen molar-refractivity contribution in [2.45, 2.75) is 45.1 Å². The fourth-order valence-electron chi connectivity index (χ4n) is 3.40. The maximum atomic E-state index is 12.6. The summed E-state index contributed by atoms with van der Waals surface area (Å²) in [6.45, 7) is 5.50. The minimum Gasteiger partial charge on any atom is -0.479 e. The average molecular weight is 540 g/mol. The first-order valence-corrected chi connectivity index (χ1v) is 12.5. The molecule has 0 fully saturated rings. The summed E-state index contributed by atoms with van der Waals surface area (Å²) < 4.78 is 5.66. The summed E-state index contributed by atoms with van der Waals surface area (Å²) >= 11 is 1.11. The van der Waals surface area contributed by atoms with E-state index in [4.69, 9.17) is 4.74 Å². The van der Waals surface area contributed by atoms with Gasteiger partial charge in [0, 0.05) is 17.6 Å². The third-order valence-electron chi connectivity index (χ3n) is 5.06. The molecule has 0 saturated heterocycles. The Balaban J connectivity index is 1.60. The summed E-state index contributed by atoms with van der Waals surface area (Å²) in [6.07, 6.45) is -0.913. The number of carboxylic acids is 1. The number of hydrogen-bond donors (Lipinski definition) is 5. The van der Waals surface area contributed by atoms with E-state index in [1.807, 2.05) is 30.3 Å². The molecule has 2 unspecified atom stereocenters. The normalized spacial score (nSPS) is 12.6. The second-order valence-electron chi connectivity index (χ2n) is 9.16. The SMILES string of the molecule is CC(C)(C)OC(C(=O)O)C(NC=O)c1ccc(NC(=O)c2csc(NC(=O)NCc3ccccc3)n2)cc1. The molecule has 200 valence electrons. The van der Waals surface area contributed by atoms with Crippen LogP contribution >= 0.6 is 11.3 Å². The highest BCUT2D eigenvalue weighted by Gasteiger charge is 2.34. The molecule has 0 saturated carbocycles. The average Bonchev–Trinajstić information content (AvgIpc) is 3.34. The van der Waals surface area contributed by atoms with Gasteiger partial charge in [0.1, 0.15) is 5.69 Å². The number of ether oxygens (including phenoxy) is 1. The summed E-state index contributed by atoms with van der Waals surface area (Å²) in [6, 6.07) is 14.4. The van der Waals surface area contributed by atoms with Crippen LogP contribution in [0.1, 0.15) is 48.4 Å². The Bertz CT molecular complexity index is 1260. The fraction of sp³-hybridized carbons (Fsp3) is 0.269. The molecule has 0 spiro atoms. The zero-order chi connectivity index (χ0) is 27.7. The predicted molar refractivity (Wildman–Crippen MR) is 143 cm³/mol. The van der Waals surface area contributed by atoms with Gasteiger partial charge in [-0.3, -0.25) is 14.9 Å². The molecular formula is C26H29N5O6S. The summed E-state index contributed by atoms with van der Waals surface area (Å²) in [5.41, 5.74) is 1.20. The number of anilines is 2. The third-order valence-corrected chi connectivity index (χ3v) is 5.81. The number of thiazole rings is 1. The van der Waals surface area contributed by atoms with Crippen LogP contribution in [0.15, 0.2) is 60.0 Å². The quantitative estimate of drug-likeness (QED) is 0.232. The topological polar surface area (TPSA) is 159 Å². The fourth-order valence-corrected chi connectivity index (χ4v) is 4.08. The molecule has 1 heterocycles. The number of nitrogens with zero attached hydrogens (tertiary/aromatic N) is 1. The van der Waals surface area contributed by atoms with Crippen molar-refractivity contribution in [3.05, 3.63) is 76.8 Å². The maximum Gasteiger partial charge on any atom is 0.335 e. The number of carbonyl (C=O) groups is 4. The van der Waals surface area contributed by atoms with E-state index >= 15 is 0 Å². The molecule has 12 heteroatoms. The van der Waals surface area contributed by atoms with E-state index in [1.54, 1.807) is 45.0 Å². The number of carboxylic acid groups (broad SMARTS) is 1. The van der Waals surface area contributed by atoms with Gasteiger partial charge >= 0.3 is 12.0 Å². The molecule has 2 atom stereocenters. The Morgan fingerprint density at radius 2 is 1.74 bits per heavy atom. The molecule has 2 aromatic carbocycles. The van der Waals surface area contributed by atoms with Crippen LogP contribution in [0, 0.1) is 0 Å². The summed E-state index contributed by atoms with van der Waals surface area (Å²) in [4.78, 5) is 51.9. The number of nitrogens with one attached hydrogen (secondary N) is 4. The van der Waals surface area contributed by atoms with E-state index in [-0.39, 0.29) is 10.8 Å². The summed E-state index contributed by atoms with van der Waals surface area (Å²) in [5.74, 6) is -1.72. The Morgan fingerprint density at radius 3 is 2.34 bits per heavy atom. The molecule has 0 aliphatic carbocycles. The van der Waals surface area contributed by atoms with Gasteiger partial charge in [-0.1, -0.05) is 42.5 Å². The van der Waals surface area contributed by atoms with Gasteiger partial charge in [0.05, 0.1) is 11.6 Å². The monoisotopic (exact) mass is 539 g/mol. The van der Waals surface area contributed by atoms with Gasteiger partial charge in [-0.25, -0.2) is 14.6 Å². The van der Waals surface area contributed by atoms with E-state index in [0.717, 1.165) is 16.9 Å². The Morgan fingerprint density at radius 1 is 1.05 bits per heavy atom. The van der Waals surface area contributed by atoms with Crippen molar-refractivity contribution in [1.82, 2.24) is 15.6 Å². The van der Waals surface area contributed by atoms with Crippen LogP contribution < -0.4 is 21.3 Å². The van der Waals surface area contributed by atoms with Crippen LogP contribution in [-0.4, -0.2) is 46.1 Å². The summed E-state index contributed by atoms with van der Waals surface area (Å²) in [7, 11) is 0. The first-order chi connectivity index (χ1) is 18.1. The lowest BCUT2D eigenvalue weighted by Crippen LogP contribution is -2.43. The molecule has 11 nitrogen and oxygen atoms in total.